The van der Waals surface area contributed by atoms with E-state index in [4.69, 9.17) is 0 Å². The third-order valence-corrected chi connectivity index (χ3v) is 5.10. The molecule has 0 aliphatic carbocycles. The van der Waals surface area contributed by atoms with E-state index in [1.54, 1.807) is 0 Å². The Labute approximate surface area is 162 Å². The molecule has 0 bridgehead atoms. The molecule has 0 aliphatic rings. The average molecular weight is 414 g/mol. The molecule has 0 saturated carbocycles. The van der Waals surface area contributed by atoms with E-state index in [2.05, 4.69) is 5.32 Å². The second kappa shape index (κ2) is 9.09. The first kappa shape index (κ1) is 21.7. The first-order valence-corrected chi connectivity index (χ1v) is 10.4. The molecule has 0 aliphatic heterocycles. The molecule has 1 N–H and O–H groups in total. The van der Waals surface area contributed by atoms with Crippen LogP contribution in [0.1, 0.15) is 17.5 Å². The van der Waals surface area contributed by atoms with Gasteiger partial charge in [-0.1, -0.05) is 36.4 Å². The summed E-state index contributed by atoms with van der Waals surface area (Å²) in [7, 11) is -3.94. The summed E-state index contributed by atoms with van der Waals surface area (Å²) in [6.07, 6.45) is -2.38. The van der Waals surface area contributed by atoms with Crippen molar-refractivity contribution in [2.45, 2.75) is 19.0 Å². The lowest BCUT2D eigenvalue weighted by atomic mass is 10.1. The molecule has 0 fully saturated rings. The van der Waals surface area contributed by atoms with E-state index in [1.165, 1.54) is 6.07 Å². The number of benzene rings is 2. The number of anilines is 1. The van der Waals surface area contributed by atoms with Gasteiger partial charge in [0.25, 0.3) is 0 Å². The van der Waals surface area contributed by atoms with Gasteiger partial charge in [0.05, 0.1) is 17.5 Å². The van der Waals surface area contributed by atoms with Crippen LogP contribution in [0.4, 0.5) is 18.9 Å². The van der Waals surface area contributed by atoms with Crippen molar-refractivity contribution < 1.29 is 26.4 Å². The van der Waals surface area contributed by atoms with Gasteiger partial charge in [-0.05, 0) is 36.6 Å². The molecule has 0 heterocycles. The van der Waals surface area contributed by atoms with Gasteiger partial charge in [0, 0.05) is 6.54 Å². The van der Waals surface area contributed by atoms with Crippen LogP contribution >= 0.6 is 0 Å². The maximum atomic E-state index is 12.9. The van der Waals surface area contributed by atoms with Crippen LogP contribution in [-0.2, 0) is 27.4 Å². The van der Waals surface area contributed by atoms with Crippen molar-refractivity contribution in [3.63, 3.8) is 0 Å². The number of carbonyl (C=O) groups is 1. The van der Waals surface area contributed by atoms with Crippen LogP contribution in [0.3, 0.4) is 0 Å². The summed E-state index contributed by atoms with van der Waals surface area (Å²) in [5.41, 5.74) is -0.0860. The van der Waals surface area contributed by atoms with Gasteiger partial charge in [0.1, 0.15) is 6.54 Å². The fourth-order valence-electron chi connectivity index (χ4n) is 2.59. The van der Waals surface area contributed by atoms with E-state index in [0.717, 1.165) is 30.4 Å². The van der Waals surface area contributed by atoms with Crippen LogP contribution in [0.15, 0.2) is 54.6 Å². The van der Waals surface area contributed by atoms with Gasteiger partial charge in [-0.3, -0.25) is 9.10 Å². The van der Waals surface area contributed by atoms with Crippen molar-refractivity contribution in [3.8, 4) is 0 Å². The number of rotatable bonds is 8. The summed E-state index contributed by atoms with van der Waals surface area (Å²) >= 11 is 0. The number of hydrogen-bond acceptors (Lipinski definition) is 3. The number of carbonyl (C=O) groups excluding carboxylic acids is 1. The molecule has 0 atom stereocenters. The second-order valence-electron chi connectivity index (χ2n) is 6.26. The lowest BCUT2D eigenvalue weighted by molar-refractivity contribution is -0.137. The average Bonchev–Trinajstić information content (AvgIpc) is 2.62. The fourth-order valence-corrected chi connectivity index (χ4v) is 3.44. The molecular formula is C19H21F3N2O3S. The highest BCUT2D eigenvalue weighted by atomic mass is 32.2. The Balaban J connectivity index is 2.00. The minimum Gasteiger partial charge on any atom is -0.355 e. The first-order valence-electron chi connectivity index (χ1n) is 8.53. The zero-order valence-corrected chi connectivity index (χ0v) is 16.1. The standard InChI is InChI=1S/C19H21F3N2O3S/c1-28(26,27)24(17-11-5-10-16(13-17)19(20,21)22)14-18(25)23-12-6-9-15-7-3-2-4-8-15/h2-5,7-8,10-11,13H,6,9,12,14H2,1H3,(H,23,25). The number of halogens is 3. The van der Waals surface area contributed by atoms with Crippen molar-refractivity contribution in [1.82, 2.24) is 5.32 Å². The van der Waals surface area contributed by atoms with Crippen LogP contribution in [0.2, 0.25) is 0 Å². The molecule has 2 aromatic carbocycles. The Kier molecular flexibility index (Phi) is 7.06. The highest BCUT2D eigenvalue weighted by molar-refractivity contribution is 7.92. The highest BCUT2D eigenvalue weighted by Crippen LogP contribution is 2.32. The smallest absolute Gasteiger partial charge is 0.355 e. The van der Waals surface area contributed by atoms with Crippen LogP contribution in [0.25, 0.3) is 0 Å². The SMILES string of the molecule is CS(=O)(=O)N(CC(=O)NCCCc1ccccc1)c1cccc(C(F)(F)F)c1. The molecule has 5 nitrogen and oxygen atoms in total. The molecule has 2 aromatic rings. The van der Waals surface area contributed by atoms with Crippen LogP contribution < -0.4 is 9.62 Å². The maximum Gasteiger partial charge on any atom is 0.416 e. The summed E-state index contributed by atoms with van der Waals surface area (Å²) in [5.74, 6) is -0.587. The van der Waals surface area contributed by atoms with Gasteiger partial charge >= 0.3 is 6.18 Å². The molecule has 0 saturated heterocycles. The zero-order valence-electron chi connectivity index (χ0n) is 15.2. The summed E-state index contributed by atoms with van der Waals surface area (Å²) in [4.78, 5) is 12.1. The molecule has 9 heteroatoms. The number of alkyl halides is 3. The predicted molar refractivity (Wildman–Crippen MR) is 101 cm³/mol. The third-order valence-electron chi connectivity index (χ3n) is 3.96. The predicted octanol–water partition coefficient (Wildman–Crippen LogP) is 3.22. The lowest BCUT2D eigenvalue weighted by Gasteiger charge is -2.22. The molecule has 0 aromatic heterocycles. The van der Waals surface area contributed by atoms with Crippen LogP contribution in [0, 0.1) is 0 Å². The highest BCUT2D eigenvalue weighted by Gasteiger charge is 2.31. The van der Waals surface area contributed by atoms with Crippen molar-refractivity contribution in [2.24, 2.45) is 0 Å². The second-order valence-corrected chi connectivity index (χ2v) is 8.16. The summed E-state index contributed by atoms with van der Waals surface area (Å²) in [5, 5.41) is 2.60. The minimum atomic E-state index is -4.61. The number of amides is 1. The molecular weight excluding hydrogens is 393 g/mol. The van der Waals surface area contributed by atoms with Gasteiger partial charge in [0.2, 0.25) is 15.9 Å². The summed E-state index contributed by atoms with van der Waals surface area (Å²) in [6.45, 7) is -0.264. The number of hydrogen-bond donors (Lipinski definition) is 1. The number of nitrogens with one attached hydrogen (secondary N) is 1. The van der Waals surface area contributed by atoms with Crippen LogP contribution in [-0.4, -0.2) is 33.7 Å². The van der Waals surface area contributed by atoms with E-state index in [-0.39, 0.29) is 5.69 Å². The molecule has 0 spiro atoms. The monoisotopic (exact) mass is 414 g/mol. The van der Waals surface area contributed by atoms with Gasteiger partial charge in [-0.25, -0.2) is 8.42 Å². The van der Waals surface area contributed by atoms with Crippen molar-refractivity contribution in [3.05, 3.63) is 65.7 Å². The molecule has 0 unspecified atom stereocenters. The quantitative estimate of drug-likeness (QED) is 0.675. The van der Waals surface area contributed by atoms with E-state index in [1.807, 2.05) is 30.3 Å². The van der Waals surface area contributed by atoms with Crippen molar-refractivity contribution in [1.29, 1.82) is 0 Å². The van der Waals surface area contributed by atoms with Gasteiger partial charge in [-0.2, -0.15) is 13.2 Å². The molecule has 1 amide bonds. The third kappa shape index (κ3) is 6.56. The molecule has 0 radical (unpaired) electrons. The lowest BCUT2D eigenvalue weighted by Crippen LogP contribution is -2.40. The van der Waals surface area contributed by atoms with E-state index >= 15 is 0 Å². The van der Waals surface area contributed by atoms with Gasteiger partial charge in [0.15, 0.2) is 0 Å². The molecule has 2 rings (SSSR count). The number of aryl methyl sites for hydroxylation is 1. The Morgan fingerprint density at radius 3 is 2.36 bits per heavy atom. The maximum absolute atomic E-state index is 12.9. The Bertz CT molecular complexity index is 900. The van der Waals surface area contributed by atoms with Crippen molar-refractivity contribution >= 4 is 21.6 Å². The summed E-state index contributed by atoms with van der Waals surface area (Å²) in [6, 6.07) is 13.5. The zero-order chi connectivity index (χ0) is 20.8. The Morgan fingerprint density at radius 2 is 1.75 bits per heavy atom. The first-order chi connectivity index (χ1) is 13.1. The fraction of sp³-hybridized carbons (Fsp3) is 0.316. The summed E-state index contributed by atoms with van der Waals surface area (Å²) < 4.78 is 63.3. The Hall–Kier alpha value is -2.55. The molecule has 28 heavy (non-hydrogen) atoms. The topological polar surface area (TPSA) is 66.5 Å². The van der Waals surface area contributed by atoms with Gasteiger partial charge < -0.3 is 5.32 Å². The van der Waals surface area contributed by atoms with Crippen molar-refractivity contribution in [2.75, 3.05) is 23.7 Å². The largest absolute Gasteiger partial charge is 0.416 e. The normalized spacial score (nSPS) is 11.9. The van der Waals surface area contributed by atoms with Gasteiger partial charge in [-0.15, -0.1) is 0 Å². The number of sulfonamides is 1. The van der Waals surface area contributed by atoms with E-state index < -0.39 is 34.2 Å². The van der Waals surface area contributed by atoms with E-state index in [9.17, 15) is 26.4 Å². The van der Waals surface area contributed by atoms with E-state index in [0.29, 0.717) is 23.3 Å². The minimum absolute atomic E-state index is 0.211. The molecule has 152 valence electrons. The van der Waals surface area contributed by atoms with Crippen LogP contribution in [0.5, 0.6) is 0 Å². The number of nitrogens with zero attached hydrogens (tertiary/aromatic N) is 1. The Morgan fingerprint density at radius 1 is 1.07 bits per heavy atom.